The first-order valence-electron chi connectivity index (χ1n) is 4.57. The topological polar surface area (TPSA) is 19.0 Å². The number of fused-ring (bicyclic) bond motifs is 1. The molecule has 74 valence electrons. The van der Waals surface area contributed by atoms with Crippen molar-refractivity contribution < 1.29 is 0 Å². The molecule has 3 heteroatoms. The molecule has 14 heavy (non-hydrogen) atoms. The summed E-state index contributed by atoms with van der Waals surface area (Å²) in [6.45, 7) is 0.931. The minimum absolute atomic E-state index is 0.785. The van der Waals surface area contributed by atoms with Crippen molar-refractivity contribution in [2.24, 2.45) is 0 Å². The molecule has 2 rings (SSSR count). The molecule has 0 aliphatic rings. The van der Waals surface area contributed by atoms with Gasteiger partial charge in [0, 0.05) is 18.1 Å². The van der Waals surface area contributed by atoms with Crippen LogP contribution in [0.2, 0.25) is 5.02 Å². The Morgan fingerprint density at radius 2 is 2.14 bits per heavy atom. The van der Waals surface area contributed by atoms with E-state index in [1.54, 1.807) is 0 Å². The molecule has 0 spiro atoms. The highest BCUT2D eigenvalue weighted by Gasteiger charge is 2.06. The van der Waals surface area contributed by atoms with Gasteiger partial charge >= 0.3 is 0 Å². The second kappa shape index (κ2) is 3.64. The van der Waals surface area contributed by atoms with Crippen molar-refractivity contribution in [2.75, 3.05) is 14.1 Å². The lowest BCUT2D eigenvalue weighted by molar-refractivity contribution is 0.404. The Balaban J connectivity index is 2.52. The molecule has 0 unspecified atom stereocenters. The molecule has 1 aromatic carbocycles. The number of hydrogen-bond acceptors (Lipinski definition) is 1. The maximum atomic E-state index is 6.06. The van der Waals surface area contributed by atoms with Crippen molar-refractivity contribution in [3.8, 4) is 0 Å². The first-order chi connectivity index (χ1) is 6.68. The van der Waals surface area contributed by atoms with Crippen LogP contribution < -0.4 is 0 Å². The van der Waals surface area contributed by atoms with Crippen LogP contribution in [0.25, 0.3) is 10.9 Å². The Labute approximate surface area is 88.5 Å². The molecule has 0 aliphatic carbocycles. The third-order valence-corrected chi connectivity index (χ3v) is 2.55. The summed E-state index contributed by atoms with van der Waals surface area (Å²) in [5.41, 5.74) is 2.32. The highest BCUT2D eigenvalue weighted by atomic mass is 35.5. The van der Waals surface area contributed by atoms with Crippen molar-refractivity contribution in [1.29, 1.82) is 0 Å². The number of halogens is 1. The van der Waals surface area contributed by atoms with Crippen molar-refractivity contribution in [2.45, 2.75) is 6.54 Å². The third kappa shape index (κ3) is 1.63. The van der Waals surface area contributed by atoms with Gasteiger partial charge in [0.25, 0.3) is 0 Å². The van der Waals surface area contributed by atoms with Crippen molar-refractivity contribution >= 4 is 22.5 Å². The zero-order chi connectivity index (χ0) is 10.1. The van der Waals surface area contributed by atoms with Gasteiger partial charge in [0.05, 0.1) is 10.5 Å². The predicted octanol–water partition coefficient (Wildman–Crippen LogP) is 2.88. The van der Waals surface area contributed by atoms with E-state index in [0.29, 0.717) is 0 Å². The largest absolute Gasteiger partial charge is 0.360 e. The number of aromatic amines is 1. The van der Waals surface area contributed by atoms with Gasteiger partial charge in [0.15, 0.2) is 0 Å². The molecule has 0 radical (unpaired) electrons. The van der Waals surface area contributed by atoms with Gasteiger partial charge in [-0.15, -0.1) is 0 Å². The summed E-state index contributed by atoms with van der Waals surface area (Å²) in [6, 6.07) is 5.98. The molecule has 0 aliphatic heterocycles. The standard InChI is InChI=1S/C11H13ClN2/c1-14(2)7-8-6-13-11-9(8)4-3-5-10(11)12/h3-6,13H,7H2,1-2H3. The highest BCUT2D eigenvalue weighted by Crippen LogP contribution is 2.25. The molecule has 0 amide bonds. The van der Waals surface area contributed by atoms with Crippen molar-refractivity contribution in [1.82, 2.24) is 9.88 Å². The molecule has 2 aromatic rings. The van der Waals surface area contributed by atoms with Gasteiger partial charge < -0.3 is 9.88 Å². The van der Waals surface area contributed by atoms with E-state index in [1.807, 2.05) is 18.3 Å². The maximum Gasteiger partial charge on any atom is 0.0647 e. The van der Waals surface area contributed by atoms with E-state index in [4.69, 9.17) is 11.6 Å². The molecular formula is C11H13ClN2. The number of benzene rings is 1. The monoisotopic (exact) mass is 208 g/mol. The van der Waals surface area contributed by atoms with E-state index in [9.17, 15) is 0 Å². The molecule has 0 atom stereocenters. The minimum atomic E-state index is 0.785. The second-order valence-corrected chi connectivity index (χ2v) is 4.12. The van der Waals surface area contributed by atoms with Gasteiger partial charge in [-0.2, -0.15) is 0 Å². The van der Waals surface area contributed by atoms with E-state index in [2.05, 4.69) is 30.0 Å². The molecule has 0 fully saturated rings. The van der Waals surface area contributed by atoms with Crippen LogP contribution in [0.5, 0.6) is 0 Å². The zero-order valence-corrected chi connectivity index (χ0v) is 9.10. The fourth-order valence-corrected chi connectivity index (χ4v) is 1.88. The van der Waals surface area contributed by atoms with Crippen LogP contribution in [-0.4, -0.2) is 24.0 Å². The molecule has 1 heterocycles. The summed E-state index contributed by atoms with van der Waals surface area (Å²) < 4.78 is 0. The Morgan fingerprint density at radius 3 is 2.86 bits per heavy atom. The predicted molar refractivity (Wildman–Crippen MR) is 60.7 cm³/mol. The van der Waals surface area contributed by atoms with E-state index in [1.165, 1.54) is 10.9 Å². The maximum absolute atomic E-state index is 6.06. The van der Waals surface area contributed by atoms with E-state index in [-0.39, 0.29) is 0 Å². The van der Waals surface area contributed by atoms with Crippen molar-refractivity contribution in [3.63, 3.8) is 0 Å². The molecule has 0 bridgehead atoms. The lowest BCUT2D eigenvalue weighted by atomic mass is 10.2. The van der Waals surface area contributed by atoms with E-state index < -0.39 is 0 Å². The number of para-hydroxylation sites is 1. The fourth-order valence-electron chi connectivity index (χ4n) is 1.65. The van der Waals surface area contributed by atoms with E-state index >= 15 is 0 Å². The van der Waals surface area contributed by atoms with Crippen LogP contribution in [0.4, 0.5) is 0 Å². The Hall–Kier alpha value is -0.990. The summed E-state index contributed by atoms with van der Waals surface area (Å²) >= 11 is 6.06. The smallest absolute Gasteiger partial charge is 0.0647 e. The molecule has 0 saturated carbocycles. The van der Waals surface area contributed by atoms with Gasteiger partial charge in [0.1, 0.15) is 0 Å². The molecule has 0 saturated heterocycles. The summed E-state index contributed by atoms with van der Waals surface area (Å²) in [6.07, 6.45) is 2.02. The lowest BCUT2D eigenvalue weighted by Crippen LogP contribution is -2.09. The Bertz CT molecular complexity index is 445. The van der Waals surface area contributed by atoms with Crippen LogP contribution >= 0.6 is 11.6 Å². The van der Waals surface area contributed by atoms with Gasteiger partial charge in [0.2, 0.25) is 0 Å². The van der Waals surface area contributed by atoms with Crippen LogP contribution in [0, 0.1) is 0 Å². The molecule has 2 nitrogen and oxygen atoms in total. The zero-order valence-electron chi connectivity index (χ0n) is 8.34. The van der Waals surface area contributed by atoms with E-state index in [0.717, 1.165) is 17.1 Å². The summed E-state index contributed by atoms with van der Waals surface area (Å²) in [4.78, 5) is 5.35. The Morgan fingerprint density at radius 1 is 1.36 bits per heavy atom. The van der Waals surface area contributed by atoms with Crippen LogP contribution in [-0.2, 0) is 6.54 Å². The normalized spacial score (nSPS) is 11.4. The van der Waals surface area contributed by atoms with Gasteiger partial charge in [-0.25, -0.2) is 0 Å². The highest BCUT2D eigenvalue weighted by molar-refractivity contribution is 6.35. The fraction of sp³-hybridized carbons (Fsp3) is 0.273. The number of nitrogens with one attached hydrogen (secondary N) is 1. The number of H-pyrrole nitrogens is 1. The number of aromatic nitrogens is 1. The lowest BCUT2D eigenvalue weighted by Gasteiger charge is -2.07. The number of nitrogens with zero attached hydrogens (tertiary/aromatic N) is 1. The summed E-state index contributed by atoms with van der Waals surface area (Å²) in [7, 11) is 4.12. The number of hydrogen-bond donors (Lipinski definition) is 1. The number of rotatable bonds is 2. The summed E-state index contributed by atoms with van der Waals surface area (Å²) in [5.74, 6) is 0. The molecular weight excluding hydrogens is 196 g/mol. The van der Waals surface area contributed by atoms with Crippen molar-refractivity contribution in [3.05, 3.63) is 35.0 Å². The SMILES string of the molecule is CN(C)Cc1c[nH]c2c(Cl)cccc12. The molecule has 1 aromatic heterocycles. The van der Waals surface area contributed by atoms with Gasteiger partial charge in [-0.05, 0) is 25.7 Å². The Kier molecular flexibility index (Phi) is 2.48. The first kappa shape index (κ1) is 9.56. The summed E-state index contributed by atoms with van der Waals surface area (Å²) in [5, 5.41) is 2.00. The molecule has 1 N–H and O–H groups in total. The average molecular weight is 209 g/mol. The van der Waals surface area contributed by atoms with Crippen LogP contribution in [0.3, 0.4) is 0 Å². The first-order valence-corrected chi connectivity index (χ1v) is 4.95. The third-order valence-electron chi connectivity index (χ3n) is 2.24. The average Bonchev–Trinajstić information content (AvgIpc) is 2.49. The van der Waals surface area contributed by atoms with Crippen LogP contribution in [0.1, 0.15) is 5.56 Å². The second-order valence-electron chi connectivity index (χ2n) is 3.71. The van der Waals surface area contributed by atoms with Gasteiger partial charge in [-0.3, -0.25) is 0 Å². The van der Waals surface area contributed by atoms with Gasteiger partial charge in [-0.1, -0.05) is 23.7 Å². The minimum Gasteiger partial charge on any atom is -0.360 e. The quantitative estimate of drug-likeness (QED) is 0.804. The van der Waals surface area contributed by atoms with Crippen LogP contribution in [0.15, 0.2) is 24.4 Å².